The topological polar surface area (TPSA) is 75.7 Å². The van der Waals surface area contributed by atoms with E-state index in [0.717, 1.165) is 6.42 Å². The molecule has 2 amide bonds. The van der Waals surface area contributed by atoms with Gasteiger partial charge in [-0.3, -0.25) is 14.4 Å². The Kier molecular flexibility index (Phi) is 7.45. The van der Waals surface area contributed by atoms with Gasteiger partial charge in [0.2, 0.25) is 0 Å². The van der Waals surface area contributed by atoms with Crippen molar-refractivity contribution in [1.82, 2.24) is 10.2 Å². The monoisotopic (exact) mass is 380 g/mol. The van der Waals surface area contributed by atoms with Crippen LogP contribution >= 0.6 is 11.6 Å². The van der Waals surface area contributed by atoms with Crippen molar-refractivity contribution in [3.63, 3.8) is 0 Å². The second-order valence-corrected chi connectivity index (χ2v) is 7.35. The maximum Gasteiger partial charge on any atom is 0.308 e. The molecule has 1 aromatic carbocycles. The van der Waals surface area contributed by atoms with Gasteiger partial charge in [-0.15, -0.1) is 0 Å². The molecule has 1 aromatic rings. The molecule has 1 aliphatic heterocycles. The van der Waals surface area contributed by atoms with Crippen LogP contribution in [0.4, 0.5) is 0 Å². The summed E-state index contributed by atoms with van der Waals surface area (Å²) in [5, 5.41) is 3.18. The molecule has 1 aliphatic rings. The fourth-order valence-corrected chi connectivity index (χ4v) is 3.28. The Bertz CT molecular complexity index is 637. The smallest absolute Gasteiger partial charge is 0.308 e. The van der Waals surface area contributed by atoms with E-state index in [1.165, 1.54) is 0 Å². The number of benzene rings is 1. The van der Waals surface area contributed by atoms with Crippen LogP contribution < -0.4 is 5.32 Å². The molecular weight excluding hydrogens is 356 g/mol. The van der Waals surface area contributed by atoms with Gasteiger partial charge in [0.15, 0.2) is 6.61 Å². The molecular formula is C19H25ClN2O4. The summed E-state index contributed by atoms with van der Waals surface area (Å²) < 4.78 is 5.03. The van der Waals surface area contributed by atoms with Gasteiger partial charge >= 0.3 is 5.97 Å². The van der Waals surface area contributed by atoms with Crippen LogP contribution in [-0.2, 0) is 14.3 Å². The number of halogens is 1. The maximum atomic E-state index is 12.2. The van der Waals surface area contributed by atoms with Gasteiger partial charge in [0.1, 0.15) is 0 Å². The minimum Gasteiger partial charge on any atom is -0.456 e. The van der Waals surface area contributed by atoms with Crippen LogP contribution in [0.2, 0.25) is 5.02 Å². The third kappa shape index (κ3) is 6.33. The molecule has 142 valence electrons. The van der Waals surface area contributed by atoms with Crippen molar-refractivity contribution in [1.29, 1.82) is 0 Å². The number of carbonyl (C=O) groups is 3. The molecule has 0 aliphatic carbocycles. The number of nitrogens with zero attached hydrogens (tertiary/aromatic N) is 1. The lowest BCUT2D eigenvalue weighted by Crippen LogP contribution is -2.44. The zero-order valence-electron chi connectivity index (χ0n) is 15.2. The van der Waals surface area contributed by atoms with Gasteiger partial charge in [-0.05, 0) is 42.5 Å². The fourth-order valence-electron chi connectivity index (χ4n) is 3.15. The number of amides is 2. The molecule has 1 heterocycles. The van der Waals surface area contributed by atoms with Gasteiger partial charge in [0.05, 0.1) is 6.42 Å². The van der Waals surface area contributed by atoms with E-state index in [1.54, 1.807) is 29.2 Å². The number of piperidine rings is 1. The number of nitrogens with one attached hydrogen (secondary N) is 1. The first kappa shape index (κ1) is 20.2. The number of rotatable bonds is 6. The largest absolute Gasteiger partial charge is 0.456 e. The van der Waals surface area contributed by atoms with E-state index in [2.05, 4.69) is 19.2 Å². The molecule has 2 rings (SSSR count). The first-order chi connectivity index (χ1) is 12.3. The summed E-state index contributed by atoms with van der Waals surface area (Å²) in [6, 6.07) is 6.46. The zero-order chi connectivity index (χ0) is 19.1. The van der Waals surface area contributed by atoms with Crippen LogP contribution in [0.15, 0.2) is 24.3 Å². The van der Waals surface area contributed by atoms with Crippen molar-refractivity contribution in [3.8, 4) is 0 Å². The van der Waals surface area contributed by atoms with E-state index >= 15 is 0 Å². The summed E-state index contributed by atoms with van der Waals surface area (Å²) in [5.41, 5.74) is 0.464. The highest BCUT2D eigenvalue weighted by molar-refractivity contribution is 6.30. The highest BCUT2D eigenvalue weighted by Gasteiger charge is 2.25. The Morgan fingerprint density at radius 3 is 2.38 bits per heavy atom. The number of hydrogen-bond donors (Lipinski definition) is 1. The third-order valence-electron chi connectivity index (χ3n) is 4.30. The highest BCUT2D eigenvalue weighted by atomic mass is 35.5. The molecule has 0 aromatic heterocycles. The van der Waals surface area contributed by atoms with E-state index < -0.39 is 5.97 Å². The third-order valence-corrected chi connectivity index (χ3v) is 4.55. The van der Waals surface area contributed by atoms with Crippen LogP contribution in [-0.4, -0.2) is 48.9 Å². The molecule has 0 saturated carbocycles. The van der Waals surface area contributed by atoms with Crippen molar-refractivity contribution in [2.24, 2.45) is 11.8 Å². The Balaban J connectivity index is 1.66. The summed E-state index contributed by atoms with van der Waals surface area (Å²) in [4.78, 5) is 37.6. The van der Waals surface area contributed by atoms with E-state index in [-0.39, 0.29) is 31.4 Å². The van der Waals surface area contributed by atoms with Crippen LogP contribution in [0.1, 0.15) is 37.0 Å². The summed E-state index contributed by atoms with van der Waals surface area (Å²) in [5.74, 6) is -0.0420. The molecule has 0 bridgehead atoms. The molecule has 0 spiro atoms. The van der Waals surface area contributed by atoms with Gasteiger partial charge in [-0.1, -0.05) is 25.4 Å². The van der Waals surface area contributed by atoms with Crippen molar-refractivity contribution in [2.75, 3.05) is 26.2 Å². The van der Waals surface area contributed by atoms with E-state index in [9.17, 15) is 14.4 Å². The number of esters is 1. The molecule has 7 heteroatoms. The molecule has 26 heavy (non-hydrogen) atoms. The standard InChI is InChI=1S/C19H25ClN2O4/c1-13-9-14(2)11-22(10-13)17(23)12-26-18(24)7-8-21-19(25)15-3-5-16(20)6-4-15/h3-6,13-14H,7-12H2,1-2H3,(H,21,25)/t13-,14-/m1/s1. The Morgan fingerprint density at radius 2 is 1.77 bits per heavy atom. The van der Waals surface area contributed by atoms with Crippen molar-refractivity contribution in [3.05, 3.63) is 34.9 Å². The molecule has 0 radical (unpaired) electrons. The molecule has 6 nitrogen and oxygen atoms in total. The predicted molar refractivity (Wildman–Crippen MR) is 98.9 cm³/mol. The van der Waals surface area contributed by atoms with E-state index in [4.69, 9.17) is 16.3 Å². The Morgan fingerprint density at radius 1 is 1.15 bits per heavy atom. The molecule has 1 saturated heterocycles. The van der Waals surface area contributed by atoms with Crippen molar-refractivity contribution < 1.29 is 19.1 Å². The van der Waals surface area contributed by atoms with E-state index in [1.807, 2.05) is 0 Å². The molecule has 1 N–H and O–H groups in total. The SMILES string of the molecule is C[C@@H]1C[C@@H](C)CN(C(=O)COC(=O)CCNC(=O)c2ccc(Cl)cc2)C1. The normalized spacial score (nSPS) is 19.7. The number of ether oxygens (including phenoxy) is 1. The van der Waals surface area contributed by atoms with Crippen molar-refractivity contribution >= 4 is 29.4 Å². The number of hydrogen-bond acceptors (Lipinski definition) is 4. The summed E-state index contributed by atoms with van der Waals surface area (Å²) in [6.07, 6.45) is 1.12. The van der Waals surface area contributed by atoms with Gasteiger partial charge in [0.25, 0.3) is 11.8 Å². The lowest BCUT2D eigenvalue weighted by atomic mass is 9.92. The van der Waals surface area contributed by atoms with E-state index in [0.29, 0.717) is 35.5 Å². The number of likely N-dealkylation sites (tertiary alicyclic amines) is 1. The quantitative estimate of drug-likeness (QED) is 0.769. The summed E-state index contributed by atoms with van der Waals surface area (Å²) in [6.45, 7) is 5.54. The average molecular weight is 381 g/mol. The van der Waals surface area contributed by atoms with Crippen LogP contribution in [0.5, 0.6) is 0 Å². The summed E-state index contributed by atoms with van der Waals surface area (Å²) >= 11 is 5.77. The van der Waals surface area contributed by atoms with Crippen molar-refractivity contribution in [2.45, 2.75) is 26.7 Å². The second-order valence-electron chi connectivity index (χ2n) is 6.92. The Hall–Kier alpha value is -2.08. The molecule has 1 fully saturated rings. The minimum atomic E-state index is -0.507. The predicted octanol–water partition coefficient (Wildman–Crippen LogP) is 2.51. The average Bonchev–Trinajstić information content (AvgIpc) is 2.59. The summed E-state index contributed by atoms with van der Waals surface area (Å²) in [7, 11) is 0. The van der Waals surface area contributed by atoms with Gasteiger partial charge in [0, 0.05) is 30.2 Å². The number of carbonyl (C=O) groups excluding carboxylic acids is 3. The maximum absolute atomic E-state index is 12.2. The van der Waals surface area contributed by atoms with Crippen LogP contribution in [0.3, 0.4) is 0 Å². The lowest BCUT2D eigenvalue weighted by molar-refractivity contribution is -0.153. The van der Waals surface area contributed by atoms with Gasteiger partial charge in [-0.2, -0.15) is 0 Å². The minimum absolute atomic E-state index is 0.0133. The Labute approximate surface area is 158 Å². The van der Waals surface area contributed by atoms with Crippen LogP contribution in [0.25, 0.3) is 0 Å². The van der Waals surface area contributed by atoms with Gasteiger partial charge in [-0.25, -0.2) is 0 Å². The highest BCUT2D eigenvalue weighted by Crippen LogP contribution is 2.20. The van der Waals surface area contributed by atoms with Gasteiger partial charge < -0.3 is 15.0 Å². The zero-order valence-corrected chi connectivity index (χ0v) is 15.9. The first-order valence-corrected chi connectivity index (χ1v) is 9.20. The molecule has 2 atom stereocenters. The van der Waals surface area contributed by atoms with Crippen LogP contribution in [0, 0.1) is 11.8 Å². The fraction of sp³-hybridized carbons (Fsp3) is 0.526. The second kappa shape index (κ2) is 9.57. The first-order valence-electron chi connectivity index (χ1n) is 8.82. The lowest BCUT2D eigenvalue weighted by Gasteiger charge is -2.34. The molecule has 0 unspecified atom stereocenters.